The molecule has 16 heavy (non-hydrogen) atoms. The molecule has 0 aliphatic rings. The lowest BCUT2D eigenvalue weighted by atomic mass is 10.2. The van der Waals surface area contributed by atoms with Gasteiger partial charge in [0.15, 0.2) is 9.84 Å². The van der Waals surface area contributed by atoms with Crippen LogP contribution in [0.2, 0.25) is 0 Å². The molecular formula is C12H18O3S. The van der Waals surface area contributed by atoms with Crippen LogP contribution in [0, 0.1) is 13.8 Å². The number of sulfone groups is 1. The lowest BCUT2D eigenvalue weighted by Crippen LogP contribution is -2.36. The van der Waals surface area contributed by atoms with E-state index in [-0.39, 0.29) is 6.61 Å². The molecule has 0 saturated carbocycles. The van der Waals surface area contributed by atoms with E-state index in [0.717, 1.165) is 11.1 Å². The summed E-state index contributed by atoms with van der Waals surface area (Å²) in [4.78, 5) is 0.303. The Morgan fingerprint density at radius 3 is 2.25 bits per heavy atom. The van der Waals surface area contributed by atoms with E-state index in [0.29, 0.717) is 4.90 Å². The lowest BCUT2D eigenvalue weighted by Gasteiger charge is -2.23. The lowest BCUT2D eigenvalue weighted by molar-refractivity contribution is 0.258. The molecule has 0 aliphatic carbocycles. The summed E-state index contributed by atoms with van der Waals surface area (Å²) in [6.07, 6.45) is 0. The highest BCUT2D eigenvalue weighted by molar-refractivity contribution is 7.92. The predicted octanol–water partition coefficient (Wildman–Crippen LogP) is 1.85. The molecule has 0 aromatic heterocycles. The molecule has 0 aliphatic heterocycles. The summed E-state index contributed by atoms with van der Waals surface area (Å²) in [6.45, 7) is 6.36. The van der Waals surface area contributed by atoms with Gasteiger partial charge in [-0.25, -0.2) is 8.42 Å². The third kappa shape index (κ3) is 2.13. The second-order valence-corrected chi connectivity index (χ2v) is 7.24. The molecule has 0 heterocycles. The van der Waals surface area contributed by atoms with Crippen molar-refractivity contribution in [2.75, 3.05) is 6.61 Å². The molecule has 0 spiro atoms. The van der Waals surface area contributed by atoms with Crippen LogP contribution in [-0.2, 0) is 9.84 Å². The first-order valence-electron chi connectivity index (χ1n) is 5.15. The predicted molar refractivity (Wildman–Crippen MR) is 64.3 cm³/mol. The van der Waals surface area contributed by atoms with Gasteiger partial charge in [0.2, 0.25) is 0 Å². The number of hydrogen-bond donors (Lipinski definition) is 1. The first kappa shape index (κ1) is 13.2. The van der Waals surface area contributed by atoms with Crippen LogP contribution in [0.4, 0.5) is 0 Å². The number of aryl methyl sites for hydroxylation is 2. The minimum absolute atomic E-state index is 0.303. The molecule has 0 radical (unpaired) electrons. The maximum absolute atomic E-state index is 12.3. The first-order chi connectivity index (χ1) is 7.22. The molecule has 1 N–H and O–H groups in total. The Hall–Kier alpha value is -0.870. The molecule has 0 fully saturated rings. The fourth-order valence-corrected chi connectivity index (χ4v) is 2.98. The van der Waals surface area contributed by atoms with E-state index in [1.165, 1.54) is 13.8 Å². The number of rotatable bonds is 3. The molecule has 3 nitrogen and oxygen atoms in total. The van der Waals surface area contributed by atoms with Crippen molar-refractivity contribution in [3.8, 4) is 0 Å². The summed E-state index contributed by atoms with van der Waals surface area (Å²) in [5, 5.41) is 9.16. The molecule has 0 unspecified atom stereocenters. The van der Waals surface area contributed by atoms with Crippen LogP contribution in [0.25, 0.3) is 0 Å². The van der Waals surface area contributed by atoms with Crippen LogP contribution in [-0.4, -0.2) is 24.9 Å². The highest BCUT2D eigenvalue weighted by Crippen LogP contribution is 2.27. The van der Waals surface area contributed by atoms with Gasteiger partial charge in [-0.1, -0.05) is 17.7 Å². The molecule has 1 rings (SSSR count). The van der Waals surface area contributed by atoms with Gasteiger partial charge in [-0.05, 0) is 39.3 Å². The van der Waals surface area contributed by atoms with Gasteiger partial charge >= 0.3 is 0 Å². The van der Waals surface area contributed by atoms with Gasteiger partial charge in [0, 0.05) is 0 Å². The summed E-state index contributed by atoms with van der Waals surface area (Å²) in [5.41, 5.74) is 1.75. The average molecular weight is 242 g/mol. The van der Waals surface area contributed by atoms with Gasteiger partial charge in [-0.15, -0.1) is 0 Å². The van der Waals surface area contributed by atoms with E-state index in [1.807, 2.05) is 13.0 Å². The Balaban J connectivity index is 3.40. The van der Waals surface area contributed by atoms with E-state index < -0.39 is 14.6 Å². The quantitative estimate of drug-likeness (QED) is 0.880. The zero-order chi connectivity index (χ0) is 12.6. The number of benzene rings is 1. The molecule has 4 heteroatoms. The van der Waals surface area contributed by atoms with Gasteiger partial charge in [-0.2, -0.15) is 0 Å². The summed E-state index contributed by atoms with van der Waals surface area (Å²) < 4.78 is 23.4. The van der Waals surface area contributed by atoms with Crippen molar-refractivity contribution in [3.63, 3.8) is 0 Å². The molecule has 0 bridgehead atoms. The van der Waals surface area contributed by atoms with E-state index in [9.17, 15) is 8.42 Å². The average Bonchev–Trinajstić information content (AvgIpc) is 2.16. The summed E-state index contributed by atoms with van der Waals surface area (Å²) in [6, 6.07) is 5.21. The summed E-state index contributed by atoms with van der Waals surface area (Å²) in [7, 11) is -3.49. The van der Waals surface area contributed by atoms with Crippen LogP contribution in [0.1, 0.15) is 25.0 Å². The third-order valence-electron chi connectivity index (χ3n) is 2.73. The maximum Gasteiger partial charge on any atom is 0.186 e. The topological polar surface area (TPSA) is 54.4 Å². The zero-order valence-corrected chi connectivity index (χ0v) is 10.9. The van der Waals surface area contributed by atoms with Gasteiger partial charge in [0.1, 0.15) is 0 Å². The Labute approximate surface area is 97.0 Å². The van der Waals surface area contributed by atoms with Crippen molar-refractivity contribution in [2.24, 2.45) is 0 Å². The van der Waals surface area contributed by atoms with Gasteiger partial charge in [-0.3, -0.25) is 0 Å². The fourth-order valence-electron chi connectivity index (χ4n) is 1.48. The van der Waals surface area contributed by atoms with E-state index in [2.05, 4.69) is 0 Å². The highest BCUT2D eigenvalue weighted by Gasteiger charge is 2.35. The molecule has 90 valence electrons. The molecule has 0 atom stereocenters. The molecule has 0 saturated heterocycles. The van der Waals surface area contributed by atoms with Crippen LogP contribution >= 0.6 is 0 Å². The first-order valence-corrected chi connectivity index (χ1v) is 6.63. The minimum atomic E-state index is -3.49. The standard InChI is InChI=1S/C12H18O3S/c1-9-5-6-11(10(2)7-9)16(14,15)12(3,4)8-13/h5-7,13H,8H2,1-4H3. The summed E-state index contributed by atoms with van der Waals surface area (Å²) in [5.74, 6) is 0. The minimum Gasteiger partial charge on any atom is -0.395 e. The van der Waals surface area contributed by atoms with Crippen molar-refractivity contribution < 1.29 is 13.5 Å². The normalized spacial score (nSPS) is 12.8. The number of aliphatic hydroxyl groups is 1. The number of hydrogen-bond acceptors (Lipinski definition) is 3. The second kappa shape index (κ2) is 4.18. The van der Waals surface area contributed by atoms with Crippen molar-refractivity contribution in [2.45, 2.75) is 37.3 Å². The van der Waals surface area contributed by atoms with Crippen LogP contribution in [0.5, 0.6) is 0 Å². The monoisotopic (exact) mass is 242 g/mol. The molecule has 0 amide bonds. The van der Waals surface area contributed by atoms with Crippen molar-refractivity contribution >= 4 is 9.84 Å². The van der Waals surface area contributed by atoms with Crippen LogP contribution < -0.4 is 0 Å². The van der Waals surface area contributed by atoms with E-state index in [4.69, 9.17) is 5.11 Å². The maximum atomic E-state index is 12.3. The Bertz CT molecular complexity index is 487. The SMILES string of the molecule is Cc1ccc(S(=O)(=O)C(C)(C)CO)c(C)c1. The largest absolute Gasteiger partial charge is 0.395 e. The Kier molecular flexibility index (Phi) is 3.45. The van der Waals surface area contributed by atoms with Crippen LogP contribution in [0.3, 0.4) is 0 Å². The van der Waals surface area contributed by atoms with Gasteiger partial charge < -0.3 is 5.11 Å². The van der Waals surface area contributed by atoms with E-state index >= 15 is 0 Å². The smallest absolute Gasteiger partial charge is 0.186 e. The molecule has 1 aromatic rings. The van der Waals surface area contributed by atoms with Crippen LogP contribution in [0.15, 0.2) is 23.1 Å². The highest BCUT2D eigenvalue weighted by atomic mass is 32.2. The third-order valence-corrected chi connectivity index (χ3v) is 5.35. The fraction of sp³-hybridized carbons (Fsp3) is 0.500. The molecule has 1 aromatic carbocycles. The zero-order valence-electron chi connectivity index (χ0n) is 10.1. The van der Waals surface area contributed by atoms with Crippen molar-refractivity contribution in [1.82, 2.24) is 0 Å². The number of aliphatic hydroxyl groups excluding tert-OH is 1. The van der Waals surface area contributed by atoms with Crippen molar-refractivity contribution in [1.29, 1.82) is 0 Å². The van der Waals surface area contributed by atoms with Gasteiger partial charge in [0.05, 0.1) is 16.2 Å². The Morgan fingerprint density at radius 1 is 1.25 bits per heavy atom. The molecular weight excluding hydrogens is 224 g/mol. The summed E-state index contributed by atoms with van der Waals surface area (Å²) >= 11 is 0. The Morgan fingerprint density at radius 2 is 1.81 bits per heavy atom. The van der Waals surface area contributed by atoms with Crippen molar-refractivity contribution in [3.05, 3.63) is 29.3 Å². The van der Waals surface area contributed by atoms with E-state index in [1.54, 1.807) is 19.1 Å². The second-order valence-electron chi connectivity index (χ2n) is 4.69. The van der Waals surface area contributed by atoms with Gasteiger partial charge in [0.25, 0.3) is 0 Å².